The largest absolute Gasteiger partial charge is 0.477 e. The van der Waals surface area contributed by atoms with Crippen LogP contribution in [0.1, 0.15) is 29.3 Å². The molecule has 1 aromatic heterocycles. The van der Waals surface area contributed by atoms with Gasteiger partial charge in [0.25, 0.3) is 0 Å². The Labute approximate surface area is 145 Å². The summed E-state index contributed by atoms with van der Waals surface area (Å²) in [5.74, 6) is -1.19. The summed E-state index contributed by atoms with van der Waals surface area (Å²) >= 11 is 0. The number of nitrogens with zero attached hydrogens (tertiary/aromatic N) is 1. The van der Waals surface area contributed by atoms with E-state index < -0.39 is 11.4 Å². The Hall–Kier alpha value is -1.14. The van der Waals surface area contributed by atoms with Crippen LogP contribution < -0.4 is 11.2 Å². The van der Waals surface area contributed by atoms with Crippen LogP contribution in [0.25, 0.3) is 10.9 Å². The smallest absolute Gasteiger partial charge is 0.341 e. The SMILES string of the molecule is CCn1cc(C(=O)O)c(=O)c2cc(CCCN)ccc21.[Na]. The first-order valence-corrected chi connectivity index (χ1v) is 6.68. The van der Waals surface area contributed by atoms with Gasteiger partial charge in [0.15, 0.2) is 0 Å². The molecule has 2 aromatic rings. The third kappa shape index (κ3) is 3.74. The number of carbonyl (C=O) groups is 1. The van der Waals surface area contributed by atoms with Crippen LogP contribution in [-0.4, -0.2) is 51.7 Å². The van der Waals surface area contributed by atoms with Crippen molar-refractivity contribution < 1.29 is 9.90 Å². The predicted octanol–water partition coefficient (Wildman–Crippen LogP) is 1.23. The van der Waals surface area contributed by atoms with Gasteiger partial charge in [-0.05, 0) is 44.0 Å². The van der Waals surface area contributed by atoms with E-state index in [0.29, 0.717) is 18.5 Å². The fourth-order valence-corrected chi connectivity index (χ4v) is 2.32. The van der Waals surface area contributed by atoms with E-state index in [9.17, 15) is 9.59 Å². The topological polar surface area (TPSA) is 85.3 Å². The van der Waals surface area contributed by atoms with Crippen LogP contribution in [0.4, 0.5) is 0 Å². The van der Waals surface area contributed by atoms with Gasteiger partial charge in [0.05, 0.1) is 5.52 Å². The molecule has 107 valence electrons. The number of fused-ring (bicyclic) bond motifs is 1. The summed E-state index contributed by atoms with van der Waals surface area (Å²) < 4.78 is 1.78. The molecule has 21 heavy (non-hydrogen) atoms. The first-order chi connectivity index (χ1) is 9.58. The fourth-order valence-electron chi connectivity index (χ4n) is 2.32. The van der Waals surface area contributed by atoms with Crippen LogP contribution in [0.5, 0.6) is 0 Å². The molecule has 1 aromatic carbocycles. The molecule has 1 radical (unpaired) electrons. The van der Waals surface area contributed by atoms with E-state index in [0.717, 1.165) is 23.9 Å². The third-order valence-electron chi connectivity index (χ3n) is 3.39. The number of hydrogen-bond acceptors (Lipinski definition) is 3. The van der Waals surface area contributed by atoms with Gasteiger partial charge in [-0.3, -0.25) is 4.79 Å². The van der Waals surface area contributed by atoms with Crippen molar-refractivity contribution in [3.8, 4) is 0 Å². The van der Waals surface area contributed by atoms with Crippen molar-refractivity contribution in [2.24, 2.45) is 5.73 Å². The molecule has 0 aliphatic carbocycles. The van der Waals surface area contributed by atoms with Crippen molar-refractivity contribution in [3.05, 3.63) is 45.7 Å². The number of aromatic nitrogens is 1. The molecule has 6 heteroatoms. The number of carboxylic acids is 1. The average molecular weight is 297 g/mol. The van der Waals surface area contributed by atoms with Gasteiger partial charge in [0.2, 0.25) is 5.43 Å². The Morgan fingerprint density at radius 2 is 2.10 bits per heavy atom. The zero-order valence-corrected chi connectivity index (χ0v) is 14.4. The van der Waals surface area contributed by atoms with Gasteiger partial charge in [0, 0.05) is 47.7 Å². The monoisotopic (exact) mass is 297 g/mol. The van der Waals surface area contributed by atoms with Gasteiger partial charge in [-0.2, -0.15) is 0 Å². The second-order valence-corrected chi connectivity index (χ2v) is 4.71. The average Bonchev–Trinajstić information content (AvgIpc) is 2.45. The minimum absolute atomic E-state index is 0. The molecule has 3 N–H and O–H groups in total. The molecule has 1 heterocycles. The first-order valence-electron chi connectivity index (χ1n) is 6.68. The summed E-state index contributed by atoms with van der Waals surface area (Å²) in [6.07, 6.45) is 3.04. The van der Waals surface area contributed by atoms with Gasteiger partial charge < -0.3 is 15.4 Å². The predicted molar refractivity (Wildman–Crippen MR) is 84.0 cm³/mol. The van der Waals surface area contributed by atoms with E-state index in [2.05, 4.69) is 0 Å². The zero-order chi connectivity index (χ0) is 14.7. The van der Waals surface area contributed by atoms with Crippen LogP contribution >= 0.6 is 0 Å². The summed E-state index contributed by atoms with van der Waals surface area (Å²) in [5.41, 5.74) is 6.64. The van der Waals surface area contributed by atoms with E-state index in [1.807, 2.05) is 19.1 Å². The molecule has 0 saturated heterocycles. The number of benzene rings is 1. The van der Waals surface area contributed by atoms with E-state index >= 15 is 0 Å². The quantitative estimate of drug-likeness (QED) is 0.813. The molecule has 0 fully saturated rings. The van der Waals surface area contributed by atoms with Gasteiger partial charge in [-0.15, -0.1) is 0 Å². The maximum Gasteiger partial charge on any atom is 0.341 e. The summed E-state index contributed by atoms with van der Waals surface area (Å²) in [6.45, 7) is 3.11. The Bertz CT molecular complexity index is 710. The molecule has 0 aliphatic rings. The summed E-state index contributed by atoms with van der Waals surface area (Å²) in [5, 5.41) is 9.59. The van der Waals surface area contributed by atoms with Gasteiger partial charge in [0.1, 0.15) is 5.56 Å². The number of nitrogens with two attached hydrogens (primary N) is 1. The molecule has 0 unspecified atom stereocenters. The van der Waals surface area contributed by atoms with E-state index in [1.165, 1.54) is 6.20 Å². The molecule has 0 aliphatic heterocycles. The third-order valence-corrected chi connectivity index (χ3v) is 3.39. The van der Waals surface area contributed by atoms with Gasteiger partial charge >= 0.3 is 5.97 Å². The molecular weight excluding hydrogens is 279 g/mol. The Kier molecular flexibility index (Phi) is 6.61. The van der Waals surface area contributed by atoms with Crippen molar-refractivity contribution in [2.45, 2.75) is 26.3 Å². The number of aromatic carboxylic acids is 1. The zero-order valence-electron chi connectivity index (χ0n) is 12.4. The minimum Gasteiger partial charge on any atom is -0.477 e. The first kappa shape index (κ1) is 17.9. The summed E-state index contributed by atoms with van der Waals surface area (Å²) in [6, 6.07) is 5.62. The van der Waals surface area contributed by atoms with Crippen LogP contribution in [0.3, 0.4) is 0 Å². The Morgan fingerprint density at radius 1 is 1.38 bits per heavy atom. The van der Waals surface area contributed by atoms with Crippen molar-refractivity contribution >= 4 is 46.4 Å². The van der Waals surface area contributed by atoms with Crippen LogP contribution in [-0.2, 0) is 13.0 Å². The number of rotatable bonds is 5. The molecule has 2 rings (SSSR count). The molecule has 0 spiro atoms. The van der Waals surface area contributed by atoms with Crippen molar-refractivity contribution in [2.75, 3.05) is 6.54 Å². The van der Waals surface area contributed by atoms with E-state index in [1.54, 1.807) is 10.6 Å². The maximum atomic E-state index is 12.2. The second-order valence-electron chi connectivity index (χ2n) is 4.71. The molecule has 0 saturated carbocycles. The van der Waals surface area contributed by atoms with Crippen LogP contribution in [0.15, 0.2) is 29.2 Å². The standard InChI is InChI=1S/C15H18N2O3.Na/c1-2-17-9-12(15(19)20)14(18)11-8-10(4-3-7-16)5-6-13(11)17;/h5-6,8-9H,2-4,7,16H2,1H3,(H,19,20);. The van der Waals surface area contributed by atoms with Crippen molar-refractivity contribution in [3.63, 3.8) is 0 Å². The molecule has 0 atom stereocenters. The number of carboxylic acid groups (broad SMARTS) is 1. The second kappa shape index (κ2) is 7.75. The fraction of sp³-hybridized carbons (Fsp3) is 0.333. The van der Waals surface area contributed by atoms with Gasteiger partial charge in [-0.25, -0.2) is 4.79 Å². The van der Waals surface area contributed by atoms with Crippen molar-refractivity contribution in [1.82, 2.24) is 4.57 Å². The van der Waals surface area contributed by atoms with E-state index in [-0.39, 0.29) is 35.1 Å². The Balaban J connectivity index is 0.00000220. The minimum atomic E-state index is -1.19. The maximum absolute atomic E-state index is 12.2. The molecule has 5 nitrogen and oxygen atoms in total. The summed E-state index contributed by atoms with van der Waals surface area (Å²) in [7, 11) is 0. The molecular formula is C15H18N2NaO3. The Morgan fingerprint density at radius 3 is 2.67 bits per heavy atom. The molecule has 0 amide bonds. The molecule has 0 bridgehead atoms. The number of aryl methyl sites for hydroxylation is 2. The van der Waals surface area contributed by atoms with Crippen LogP contribution in [0, 0.1) is 0 Å². The van der Waals surface area contributed by atoms with Gasteiger partial charge in [-0.1, -0.05) is 6.07 Å². The summed E-state index contributed by atoms with van der Waals surface area (Å²) in [4.78, 5) is 23.4. The number of pyridine rings is 1. The van der Waals surface area contributed by atoms with E-state index in [4.69, 9.17) is 10.8 Å². The number of hydrogen-bond donors (Lipinski definition) is 2. The van der Waals surface area contributed by atoms with Crippen molar-refractivity contribution in [1.29, 1.82) is 0 Å². The van der Waals surface area contributed by atoms with Crippen LogP contribution in [0.2, 0.25) is 0 Å². The normalized spacial score (nSPS) is 10.4.